The highest BCUT2D eigenvalue weighted by Crippen LogP contribution is 2.37. The van der Waals surface area contributed by atoms with Crippen LogP contribution in [0, 0.1) is 17.8 Å². The van der Waals surface area contributed by atoms with E-state index >= 15 is 0 Å². The second kappa shape index (κ2) is 12.6. The molecule has 0 spiro atoms. The van der Waals surface area contributed by atoms with Gasteiger partial charge in [-0.1, -0.05) is 0 Å². The summed E-state index contributed by atoms with van der Waals surface area (Å²) in [6, 6.07) is 0. The smallest absolute Gasteiger partial charge is 0.225 e. The molecule has 10 heteroatoms. The molecule has 3 atom stereocenters. The summed E-state index contributed by atoms with van der Waals surface area (Å²) in [5.74, 6) is -0.0929. The molecule has 3 unspecified atom stereocenters. The highest BCUT2D eigenvalue weighted by atomic mass is 16.2. The Balaban J connectivity index is 1.55. The van der Waals surface area contributed by atoms with Crippen molar-refractivity contribution < 1.29 is 14.4 Å². The van der Waals surface area contributed by atoms with Gasteiger partial charge in [0.1, 0.15) is 0 Å². The largest absolute Gasteiger partial charge is 0.355 e. The molecule has 0 saturated carbocycles. The fourth-order valence-electron chi connectivity index (χ4n) is 8.31. The molecule has 0 aliphatic carbocycles. The lowest BCUT2D eigenvalue weighted by Crippen LogP contribution is -2.50. The number of carbonyl (C=O) groups is 3. The van der Waals surface area contributed by atoms with Gasteiger partial charge in [0.15, 0.2) is 0 Å². The van der Waals surface area contributed by atoms with Gasteiger partial charge < -0.3 is 31.9 Å². The van der Waals surface area contributed by atoms with E-state index < -0.39 is 0 Å². The molecule has 3 aliphatic heterocycles. The monoisotopic (exact) mass is 605 g/mol. The summed E-state index contributed by atoms with van der Waals surface area (Å²) in [6.45, 7) is 28.8. The minimum absolute atomic E-state index is 0.0711. The van der Waals surface area contributed by atoms with Crippen molar-refractivity contribution >= 4 is 17.7 Å². The van der Waals surface area contributed by atoms with E-state index in [4.69, 9.17) is 0 Å². The van der Waals surface area contributed by atoms with Crippen LogP contribution in [0.15, 0.2) is 0 Å². The normalized spacial score (nSPS) is 29.4. The SMILES string of the molecule is CC1(C)CC(C(=O)NCCN(CCNC(=O)C2CC(C)(C)NC2(C)C)CCNC(=O)C2CC(C)(C)NC2(C)C)C(C)(C)N1. The summed E-state index contributed by atoms with van der Waals surface area (Å²) in [5, 5.41) is 20.2. The zero-order chi connectivity index (χ0) is 32.6. The summed E-state index contributed by atoms with van der Waals surface area (Å²) in [5.41, 5.74) is -1.04. The van der Waals surface area contributed by atoms with E-state index in [0.717, 1.165) is 19.3 Å². The molecule has 0 aromatic carbocycles. The Morgan fingerprint density at radius 1 is 0.512 bits per heavy atom. The second-order valence-electron chi connectivity index (χ2n) is 17.2. The number of amides is 3. The average molecular weight is 606 g/mol. The third-order valence-electron chi connectivity index (χ3n) is 9.87. The summed E-state index contributed by atoms with van der Waals surface area (Å²) in [7, 11) is 0. The van der Waals surface area contributed by atoms with Crippen LogP contribution in [0.5, 0.6) is 0 Å². The standard InChI is InChI=1S/C33H63N7O3/c1-28(2)19-22(31(7,8)37-28)25(41)34-13-16-40(17-14-35-26(42)23-20-29(3,4)38-32(23,9)10)18-15-36-27(43)24-21-30(5,6)39-33(24,11)12/h22-24,37-39H,13-21H2,1-12H3,(H,34,41)(H,35,42)(H,36,43). The molecule has 3 rings (SSSR count). The number of carbonyl (C=O) groups excluding carboxylic acids is 3. The second-order valence-corrected chi connectivity index (χ2v) is 17.2. The first-order valence-corrected chi connectivity index (χ1v) is 16.4. The van der Waals surface area contributed by atoms with Crippen molar-refractivity contribution in [2.24, 2.45) is 17.8 Å². The first-order valence-electron chi connectivity index (χ1n) is 16.4. The maximum atomic E-state index is 13.2. The fourth-order valence-corrected chi connectivity index (χ4v) is 8.31. The van der Waals surface area contributed by atoms with Crippen LogP contribution >= 0.6 is 0 Å². The fraction of sp³-hybridized carbons (Fsp3) is 0.909. The minimum Gasteiger partial charge on any atom is -0.355 e. The summed E-state index contributed by atoms with van der Waals surface area (Å²) >= 11 is 0. The van der Waals surface area contributed by atoms with Crippen molar-refractivity contribution in [2.75, 3.05) is 39.3 Å². The van der Waals surface area contributed by atoms with Crippen molar-refractivity contribution in [2.45, 2.75) is 136 Å². The molecule has 248 valence electrons. The lowest BCUT2D eigenvalue weighted by Gasteiger charge is -2.29. The van der Waals surface area contributed by atoms with Crippen LogP contribution in [-0.4, -0.2) is 95.1 Å². The zero-order valence-corrected chi connectivity index (χ0v) is 29.3. The molecular weight excluding hydrogens is 542 g/mol. The topological polar surface area (TPSA) is 127 Å². The maximum Gasteiger partial charge on any atom is 0.225 e. The molecule has 0 radical (unpaired) electrons. The van der Waals surface area contributed by atoms with Gasteiger partial charge in [-0.25, -0.2) is 0 Å². The number of nitrogens with one attached hydrogen (secondary N) is 6. The third kappa shape index (κ3) is 9.38. The van der Waals surface area contributed by atoms with E-state index in [9.17, 15) is 14.4 Å². The van der Waals surface area contributed by atoms with Gasteiger partial charge in [-0.2, -0.15) is 0 Å². The quantitative estimate of drug-likeness (QED) is 0.201. The van der Waals surface area contributed by atoms with Crippen LogP contribution < -0.4 is 31.9 Å². The van der Waals surface area contributed by atoms with Crippen LogP contribution in [0.2, 0.25) is 0 Å². The van der Waals surface area contributed by atoms with E-state index in [1.54, 1.807) is 0 Å². The average Bonchev–Trinajstić information content (AvgIpc) is 3.30. The van der Waals surface area contributed by atoms with E-state index in [2.05, 4.69) is 120 Å². The number of hydrogen-bond donors (Lipinski definition) is 6. The Labute approximate surface area is 261 Å². The van der Waals surface area contributed by atoms with Crippen molar-refractivity contribution in [3.8, 4) is 0 Å². The number of nitrogens with zero attached hydrogens (tertiary/aromatic N) is 1. The molecule has 0 bridgehead atoms. The summed E-state index contributed by atoms with van der Waals surface area (Å²) in [4.78, 5) is 41.7. The third-order valence-corrected chi connectivity index (χ3v) is 9.87. The molecule has 10 nitrogen and oxygen atoms in total. The van der Waals surface area contributed by atoms with Gasteiger partial charge in [0.25, 0.3) is 0 Å². The zero-order valence-electron chi connectivity index (χ0n) is 29.3. The van der Waals surface area contributed by atoms with Gasteiger partial charge in [-0.05, 0) is 102 Å². The van der Waals surface area contributed by atoms with E-state index in [-0.39, 0.29) is 68.7 Å². The van der Waals surface area contributed by atoms with Crippen molar-refractivity contribution in [1.82, 2.24) is 36.8 Å². The van der Waals surface area contributed by atoms with E-state index in [0.29, 0.717) is 39.3 Å². The van der Waals surface area contributed by atoms with Crippen LogP contribution in [0.3, 0.4) is 0 Å². The highest BCUT2D eigenvalue weighted by molar-refractivity contribution is 5.81. The Bertz CT molecular complexity index is 905. The van der Waals surface area contributed by atoms with Gasteiger partial charge in [0.2, 0.25) is 17.7 Å². The maximum absolute atomic E-state index is 13.2. The first kappa shape index (κ1) is 35.7. The predicted molar refractivity (Wildman–Crippen MR) is 174 cm³/mol. The van der Waals surface area contributed by atoms with Gasteiger partial charge in [-0.3, -0.25) is 19.3 Å². The first-order chi connectivity index (χ1) is 19.5. The van der Waals surface area contributed by atoms with Gasteiger partial charge in [0.05, 0.1) is 17.8 Å². The van der Waals surface area contributed by atoms with Gasteiger partial charge in [-0.15, -0.1) is 0 Å². The lowest BCUT2D eigenvalue weighted by molar-refractivity contribution is -0.127. The van der Waals surface area contributed by atoms with Crippen LogP contribution in [0.1, 0.15) is 102 Å². The van der Waals surface area contributed by atoms with Gasteiger partial charge >= 0.3 is 0 Å². The lowest BCUT2D eigenvalue weighted by atomic mass is 9.86. The number of rotatable bonds is 12. The Hall–Kier alpha value is -1.75. The molecule has 6 N–H and O–H groups in total. The van der Waals surface area contributed by atoms with Crippen LogP contribution in [0.25, 0.3) is 0 Å². The highest BCUT2D eigenvalue weighted by Gasteiger charge is 2.49. The van der Waals surface area contributed by atoms with E-state index in [1.807, 2.05) is 0 Å². The molecular formula is C33H63N7O3. The predicted octanol–water partition coefficient (Wildman–Crippen LogP) is 2.14. The molecule has 43 heavy (non-hydrogen) atoms. The molecule has 3 saturated heterocycles. The minimum atomic E-state index is -0.267. The Morgan fingerprint density at radius 3 is 0.930 bits per heavy atom. The van der Waals surface area contributed by atoms with Gasteiger partial charge in [0, 0.05) is 72.5 Å². The van der Waals surface area contributed by atoms with Crippen LogP contribution in [0.4, 0.5) is 0 Å². The van der Waals surface area contributed by atoms with Crippen LogP contribution in [-0.2, 0) is 14.4 Å². The van der Waals surface area contributed by atoms with Crippen molar-refractivity contribution in [3.05, 3.63) is 0 Å². The van der Waals surface area contributed by atoms with Crippen molar-refractivity contribution in [1.29, 1.82) is 0 Å². The summed E-state index contributed by atoms with van der Waals surface area (Å²) in [6.07, 6.45) is 2.37. The Kier molecular flexibility index (Phi) is 10.4. The summed E-state index contributed by atoms with van der Waals surface area (Å²) < 4.78 is 0. The van der Waals surface area contributed by atoms with E-state index in [1.165, 1.54) is 0 Å². The Morgan fingerprint density at radius 2 is 0.744 bits per heavy atom. The molecule has 0 aromatic rings. The molecule has 3 aliphatic rings. The molecule has 0 aromatic heterocycles. The molecule has 3 heterocycles. The molecule has 3 amide bonds. The molecule has 3 fully saturated rings. The van der Waals surface area contributed by atoms with Crippen molar-refractivity contribution in [3.63, 3.8) is 0 Å². The number of hydrogen-bond acceptors (Lipinski definition) is 7.